The SMILES string of the molecule is CC[C@H](C)[C@H](NC(=O)[C@H](CO)NC(=O)[C@@H](NC(=O)[C@@H](NC(=O)[C@H](CC(N)=O)NC(=O)CNC(=O)[C@@H](NC(=O)[C@H](CCC(N)=O)NC(=O)[C@@H](N)CC(C)C)[C@@H](C)CC)[C@@H](C)CC)[C@@H](C)CC)C(=O)O. The van der Waals surface area contributed by atoms with Crippen LogP contribution in [0.4, 0.5) is 0 Å². The summed E-state index contributed by atoms with van der Waals surface area (Å²) >= 11 is 0. The second-order valence-electron chi connectivity index (χ2n) is 17.9. The van der Waals surface area contributed by atoms with Crippen LogP contribution in [-0.4, -0.2) is 137 Å². The molecule has 0 fully saturated rings. The molecule has 0 saturated carbocycles. The van der Waals surface area contributed by atoms with E-state index in [4.69, 9.17) is 17.2 Å². The van der Waals surface area contributed by atoms with Crippen molar-refractivity contribution in [3.63, 3.8) is 0 Å². The van der Waals surface area contributed by atoms with Crippen LogP contribution in [-0.2, 0) is 52.7 Å². The van der Waals surface area contributed by atoms with Gasteiger partial charge < -0.3 is 69.9 Å². The van der Waals surface area contributed by atoms with E-state index in [9.17, 15) is 63.0 Å². The van der Waals surface area contributed by atoms with Gasteiger partial charge in [-0.25, -0.2) is 4.79 Å². The Hall–Kier alpha value is -5.91. The Morgan fingerprint density at radius 2 is 0.882 bits per heavy atom. The number of nitrogens with two attached hydrogens (primary N) is 3. The van der Waals surface area contributed by atoms with Crippen LogP contribution in [0.3, 0.4) is 0 Å². The molecule has 0 aliphatic rings. The van der Waals surface area contributed by atoms with Crippen LogP contribution in [0.25, 0.3) is 0 Å². The summed E-state index contributed by atoms with van der Waals surface area (Å²) in [5, 5.41) is 39.2. The number of carbonyl (C=O) groups excluding carboxylic acids is 10. The first kappa shape index (κ1) is 62.1. The number of aliphatic carboxylic acids is 1. The molecule has 0 saturated heterocycles. The lowest BCUT2D eigenvalue weighted by Gasteiger charge is -2.31. The van der Waals surface area contributed by atoms with Gasteiger partial charge in [0.2, 0.25) is 59.1 Å². The van der Waals surface area contributed by atoms with E-state index in [0.29, 0.717) is 32.1 Å². The quantitative estimate of drug-likeness (QED) is 0.0318. The summed E-state index contributed by atoms with van der Waals surface area (Å²) in [6, 6.07) is -10.8. The number of carboxylic acid groups (broad SMARTS) is 1. The number of rotatable bonds is 33. The van der Waals surface area contributed by atoms with Gasteiger partial charge in [0.15, 0.2) is 0 Å². The smallest absolute Gasteiger partial charge is 0.326 e. The van der Waals surface area contributed by atoms with Crippen molar-refractivity contribution in [3.8, 4) is 0 Å². The summed E-state index contributed by atoms with van der Waals surface area (Å²) in [5.74, 6) is -12.2. The Balaban J connectivity index is 6.24. The van der Waals surface area contributed by atoms with Crippen molar-refractivity contribution in [2.75, 3.05) is 13.2 Å². The molecule has 0 aromatic heterocycles. The highest BCUT2D eigenvalue weighted by molar-refractivity contribution is 5.98. The fourth-order valence-electron chi connectivity index (χ4n) is 6.63. The number of carbonyl (C=O) groups is 11. The van der Waals surface area contributed by atoms with E-state index in [-0.39, 0.29) is 18.8 Å². The zero-order chi connectivity index (χ0) is 52.6. The van der Waals surface area contributed by atoms with Crippen LogP contribution in [0.1, 0.15) is 121 Å². The molecule has 0 radical (unpaired) electrons. The third-order valence-corrected chi connectivity index (χ3v) is 11.8. The number of hydrogen-bond donors (Lipinski definition) is 13. The Kier molecular flexibility index (Phi) is 28.5. The lowest BCUT2D eigenvalue weighted by Crippen LogP contribution is -2.62. The lowest BCUT2D eigenvalue weighted by atomic mass is 9.94. The minimum Gasteiger partial charge on any atom is -0.480 e. The number of hydrogen-bond acceptors (Lipinski definition) is 13. The van der Waals surface area contributed by atoms with Crippen LogP contribution in [0.15, 0.2) is 0 Å². The van der Waals surface area contributed by atoms with Crippen LogP contribution in [0, 0.1) is 29.6 Å². The minimum absolute atomic E-state index is 0.0585. The van der Waals surface area contributed by atoms with Crippen molar-refractivity contribution in [3.05, 3.63) is 0 Å². The second-order valence-corrected chi connectivity index (χ2v) is 17.9. The molecule has 388 valence electrons. The zero-order valence-corrected chi connectivity index (χ0v) is 41.2. The fourth-order valence-corrected chi connectivity index (χ4v) is 6.63. The first-order valence-electron chi connectivity index (χ1n) is 23.2. The van der Waals surface area contributed by atoms with Crippen molar-refractivity contribution in [2.45, 2.75) is 169 Å². The van der Waals surface area contributed by atoms with Gasteiger partial charge in [0.1, 0.15) is 42.3 Å². The molecule has 0 heterocycles. The molecule has 0 unspecified atom stereocenters. The first-order chi connectivity index (χ1) is 31.7. The molecule has 16 N–H and O–H groups in total. The molecule has 24 nitrogen and oxygen atoms in total. The number of nitrogens with one attached hydrogen (secondary N) is 8. The standard InChI is InChI=1S/C44H79N11O13/c1-11-22(7)33(52-38(61)27(15-16-30(46)57)50-37(60)26(45)17-21(5)6)41(64)48-19-32(59)49-28(18-31(47)58)39(62)53-35(24(9)13-3)43(66)54-34(23(8)12-2)42(65)51-29(20-56)40(63)55-36(44(67)68)25(10)14-4/h21-29,33-36,56H,11-20,45H2,1-10H3,(H2,46,57)(H2,47,58)(H,48,64)(H,49,59)(H,50,60)(H,51,65)(H,52,61)(H,53,62)(H,54,66)(H,55,63)(H,67,68)/t22-,23-,24-,25-,26-,27-,28-,29-,33-,34-,35-,36-/m0/s1. The van der Waals surface area contributed by atoms with Crippen molar-refractivity contribution >= 4 is 65.0 Å². The Morgan fingerprint density at radius 3 is 1.31 bits per heavy atom. The number of amides is 10. The predicted molar refractivity (Wildman–Crippen MR) is 249 cm³/mol. The van der Waals surface area contributed by atoms with Gasteiger partial charge in [-0.2, -0.15) is 0 Å². The maximum absolute atomic E-state index is 13.9. The molecule has 68 heavy (non-hydrogen) atoms. The molecule has 0 aromatic carbocycles. The number of carboxylic acids is 1. The van der Waals surface area contributed by atoms with Crippen LogP contribution in [0.2, 0.25) is 0 Å². The predicted octanol–water partition coefficient (Wildman–Crippen LogP) is -2.73. The second kappa shape index (κ2) is 31.2. The van der Waals surface area contributed by atoms with Gasteiger partial charge in [-0.1, -0.05) is 94.9 Å². The van der Waals surface area contributed by atoms with E-state index < -0.39 is 157 Å². The van der Waals surface area contributed by atoms with Crippen molar-refractivity contribution in [2.24, 2.45) is 46.8 Å². The van der Waals surface area contributed by atoms with Crippen molar-refractivity contribution in [1.29, 1.82) is 0 Å². The van der Waals surface area contributed by atoms with E-state index in [1.165, 1.54) is 0 Å². The Morgan fingerprint density at radius 1 is 0.485 bits per heavy atom. The van der Waals surface area contributed by atoms with E-state index in [1.54, 1.807) is 55.4 Å². The van der Waals surface area contributed by atoms with E-state index in [1.807, 2.05) is 13.8 Å². The largest absolute Gasteiger partial charge is 0.480 e. The molecule has 0 aliphatic heterocycles. The minimum atomic E-state index is -1.67. The maximum Gasteiger partial charge on any atom is 0.326 e. The van der Waals surface area contributed by atoms with E-state index >= 15 is 0 Å². The molecule has 0 rings (SSSR count). The Labute approximate surface area is 398 Å². The van der Waals surface area contributed by atoms with Gasteiger partial charge in [-0.05, 0) is 42.4 Å². The van der Waals surface area contributed by atoms with Gasteiger partial charge in [-0.3, -0.25) is 47.9 Å². The summed E-state index contributed by atoms with van der Waals surface area (Å²) < 4.78 is 0. The van der Waals surface area contributed by atoms with Crippen molar-refractivity contribution < 1.29 is 63.0 Å². The van der Waals surface area contributed by atoms with Gasteiger partial charge in [0.25, 0.3) is 0 Å². The molecular weight excluding hydrogens is 891 g/mol. The number of aliphatic hydroxyl groups is 1. The molecule has 24 heteroatoms. The van der Waals surface area contributed by atoms with E-state index in [0.717, 1.165) is 0 Å². The van der Waals surface area contributed by atoms with Gasteiger partial charge in [-0.15, -0.1) is 0 Å². The van der Waals surface area contributed by atoms with Gasteiger partial charge in [0.05, 0.1) is 25.6 Å². The summed E-state index contributed by atoms with van der Waals surface area (Å²) in [7, 11) is 0. The average Bonchev–Trinajstić information content (AvgIpc) is 3.27. The highest BCUT2D eigenvalue weighted by atomic mass is 16.4. The van der Waals surface area contributed by atoms with Crippen LogP contribution >= 0.6 is 0 Å². The number of aliphatic hydroxyl groups excluding tert-OH is 1. The highest BCUT2D eigenvalue weighted by Gasteiger charge is 2.37. The summed E-state index contributed by atoms with van der Waals surface area (Å²) in [4.78, 5) is 143. The zero-order valence-electron chi connectivity index (χ0n) is 41.2. The fraction of sp³-hybridized carbons (Fsp3) is 0.750. The molecule has 0 spiro atoms. The average molecular weight is 970 g/mol. The van der Waals surface area contributed by atoms with Gasteiger partial charge >= 0.3 is 5.97 Å². The molecule has 0 bridgehead atoms. The van der Waals surface area contributed by atoms with Crippen molar-refractivity contribution in [1.82, 2.24) is 42.5 Å². The molecule has 0 aliphatic carbocycles. The molecule has 0 aromatic rings. The summed E-state index contributed by atoms with van der Waals surface area (Å²) in [6.07, 6.45) is 0.504. The van der Waals surface area contributed by atoms with Gasteiger partial charge in [0, 0.05) is 6.42 Å². The maximum atomic E-state index is 13.9. The normalized spacial score (nSPS) is 16.5. The third-order valence-electron chi connectivity index (χ3n) is 11.8. The third kappa shape index (κ3) is 21.8. The highest BCUT2D eigenvalue weighted by Crippen LogP contribution is 2.15. The van der Waals surface area contributed by atoms with Crippen LogP contribution < -0.4 is 59.7 Å². The lowest BCUT2D eigenvalue weighted by molar-refractivity contribution is -0.144. The molecule has 10 amide bonds. The monoisotopic (exact) mass is 970 g/mol. The van der Waals surface area contributed by atoms with E-state index in [2.05, 4.69) is 42.5 Å². The summed E-state index contributed by atoms with van der Waals surface area (Å²) in [5.41, 5.74) is 16.7. The molecule has 12 atom stereocenters. The Bertz CT molecular complexity index is 1750. The summed E-state index contributed by atoms with van der Waals surface area (Å²) in [6.45, 7) is 15.4. The first-order valence-corrected chi connectivity index (χ1v) is 23.2. The number of primary amides is 2. The topological polar surface area (TPSA) is 403 Å². The molecular formula is C44H79N11O13. The van der Waals surface area contributed by atoms with Crippen LogP contribution in [0.5, 0.6) is 0 Å².